The summed E-state index contributed by atoms with van der Waals surface area (Å²) in [5.74, 6) is 0.849. The van der Waals surface area contributed by atoms with E-state index in [1.807, 2.05) is 18.2 Å². The molecule has 0 unspecified atom stereocenters. The van der Waals surface area contributed by atoms with Crippen LogP contribution in [0.2, 0.25) is 0 Å². The average Bonchev–Trinajstić information content (AvgIpc) is 2.96. The first-order valence-electron chi connectivity index (χ1n) is 6.46. The van der Waals surface area contributed by atoms with Gasteiger partial charge < -0.3 is 10.2 Å². The third kappa shape index (κ3) is 2.43. The summed E-state index contributed by atoms with van der Waals surface area (Å²) in [6.45, 7) is 3.72. The number of tetrazole rings is 1. The van der Waals surface area contributed by atoms with Crippen LogP contribution in [0.25, 0.3) is 16.7 Å². The lowest BCUT2D eigenvalue weighted by molar-refractivity contribution is 0.586. The van der Waals surface area contributed by atoms with Crippen molar-refractivity contribution >= 4 is 50.8 Å². The smallest absolute Gasteiger partial charge is 0.222 e. The molecule has 1 aliphatic heterocycles. The van der Waals surface area contributed by atoms with E-state index in [-0.39, 0.29) is 12.4 Å². The van der Waals surface area contributed by atoms with E-state index < -0.39 is 0 Å². The topological polar surface area (TPSA) is 71.2 Å². The molecule has 3 aromatic rings. The Morgan fingerprint density at radius 1 is 1.19 bits per heavy atom. The summed E-state index contributed by atoms with van der Waals surface area (Å²) in [7, 11) is 0. The van der Waals surface area contributed by atoms with E-state index in [1.165, 1.54) is 0 Å². The standard InChI is InChI=1S/C12H12BrN7.ClH/c13-8-1-2-10-9(7-8)15-11(12-16-17-18-20(10)12)19-5-3-14-4-6-19;/h1-2,7,14H,3-6H2;1H. The molecule has 1 aromatic carbocycles. The van der Waals surface area contributed by atoms with E-state index in [4.69, 9.17) is 4.98 Å². The highest BCUT2D eigenvalue weighted by atomic mass is 79.9. The van der Waals surface area contributed by atoms with Crippen molar-refractivity contribution in [2.24, 2.45) is 0 Å². The number of anilines is 1. The number of nitrogens with one attached hydrogen (secondary N) is 1. The van der Waals surface area contributed by atoms with E-state index in [9.17, 15) is 0 Å². The number of aromatic nitrogens is 5. The largest absolute Gasteiger partial charge is 0.351 e. The summed E-state index contributed by atoms with van der Waals surface area (Å²) in [5.41, 5.74) is 2.50. The molecular formula is C12H13BrClN7. The molecule has 0 spiro atoms. The highest BCUT2D eigenvalue weighted by Gasteiger charge is 2.19. The zero-order chi connectivity index (χ0) is 13.5. The Morgan fingerprint density at radius 2 is 2.00 bits per heavy atom. The molecule has 3 heterocycles. The van der Waals surface area contributed by atoms with Crippen LogP contribution in [0.1, 0.15) is 0 Å². The van der Waals surface area contributed by atoms with Gasteiger partial charge in [-0.3, -0.25) is 0 Å². The van der Waals surface area contributed by atoms with Crippen LogP contribution in [0.4, 0.5) is 5.82 Å². The molecule has 0 saturated carbocycles. The Labute approximate surface area is 135 Å². The zero-order valence-electron chi connectivity index (χ0n) is 11.0. The maximum Gasteiger partial charge on any atom is 0.222 e. The van der Waals surface area contributed by atoms with Gasteiger partial charge in [-0.2, -0.15) is 4.52 Å². The number of hydrogen-bond acceptors (Lipinski definition) is 6. The molecule has 0 aliphatic carbocycles. The normalized spacial score (nSPS) is 15.4. The van der Waals surface area contributed by atoms with Crippen LogP contribution < -0.4 is 10.2 Å². The van der Waals surface area contributed by atoms with Crippen molar-refractivity contribution < 1.29 is 0 Å². The van der Waals surface area contributed by atoms with Crippen LogP contribution in [0.3, 0.4) is 0 Å². The molecule has 1 saturated heterocycles. The van der Waals surface area contributed by atoms with Gasteiger partial charge in [-0.25, -0.2) is 4.98 Å². The lowest BCUT2D eigenvalue weighted by Crippen LogP contribution is -2.44. The first-order valence-corrected chi connectivity index (χ1v) is 7.25. The third-order valence-electron chi connectivity index (χ3n) is 3.48. The summed E-state index contributed by atoms with van der Waals surface area (Å²) < 4.78 is 2.75. The Balaban J connectivity index is 0.00000132. The quantitative estimate of drug-likeness (QED) is 0.695. The van der Waals surface area contributed by atoms with E-state index in [0.717, 1.165) is 47.5 Å². The van der Waals surface area contributed by atoms with Crippen molar-refractivity contribution in [3.8, 4) is 0 Å². The summed E-state index contributed by atoms with van der Waals surface area (Å²) in [4.78, 5) is 6.99. The number of hydrogen-bond donors (Lipinski definition) is 1. The Bertz CT molecular complexity index is 784. The SMILES string of the molecule is Brc1ccc2c(c1)nc(N1CCNCC1)c1nnnn12.Cl. The summed E-state index contributed by atoms with van der Waals surface area (Å²) >= 11 is 3.48. The first-order chi connectivity index (χ1) is 9.83. The highest BCUT2D eigenvalue weighted by Crippen LogP contribution is 2.24. The summed E-state index contributed by atoms with van der Waals surface area (Å²) in [6.07, 6.45) is 0. The van der Waals surface area contributed by atoms with Crippen molar-refractivity contribution in [2.75, 3.05) is 31.1 Å². The number of benzene rings is 1. The van der Waals surface area contributed by atoms with Gasteiger partial charge in [0.15, 0.2) is 5.82 Å². The molecule has 1 N–H and O–H groups in total. The van der Waals surface area contributed by atoms with Crippen LogP contribution in [0.5, 0.6) is 0 Å². The van der Waals surface area contributed by atoms with Crippen molar-refractivity contribution in [3.63, 3.8) is 0 Å². The van der Waals surface area contributed by atoms with E-state index in [2.05, 4.69) is 41.7 Å². The van der Waals surface area contributed by atoms with Crippen molar-refractivity contribution in [1.82, 2.24) is 30.3 Å². The molecule has 21 heavy (non-hydrogen) atoms. The van der Waals surface area contributed by atoms with E-state index >= 15 is 0 Å². The minimum absolute atomic E-state index is 0. The zero-order valence-corrected chi connectivity index (χ0v) is 13.4. The monoisotopic (exact) mass is 369 g/mol. The number of nitrogens with zero attached hydrogens (tertiary/aromatic N) is 6. The van der Waals surface area contributed by atoms with Crippen molar-refractivity contribution in [2.45, 2.75) is 0 Å². The predicted molar refractivity (Wildman–Crippen MR) is 86.1 cm³/mol. The molecule has 0 bridgehead atoms. The van der Waals surface area contributed by atoms with Crippen LogP contribution >= 0.6 is 28.3 Å². The molecule has 9 heteroatoms. The van der Waals surface area contributed by atoms with Crippen molar-refractivity contribution in [3.05, 3.63) is 22.7 Å². The molecule has 110 valence electrons. The van der Waals surface area contributed by atoms with E-state index in [0.29, 0.717) is 5.65 Å². The maximum atomic E-state index is 4.76. The van der Waals surface area contributed by atoms with Gasteiger partial charge >= 0.3 is 0 Å². The molecule has 7 nitrogen and oxygen atoms in total. The maximum absolute atomic E-state index is 4.76. The Morgan fingerprint density at radius 3 is 2.81 bits per heavy atom. The van der Waals surface area contributed by atoms with Crippen molar-refractivity contribution in [1.29, 1.82) is 0 Å². The van der Waals surface area contributed by atoms with Gasteiger partial charge in [-0.15, -0.1) is 17.5 Å². The minimum Gasteiger partial charge on any atom is -0.351 e. The molecule has 0 radical (unpaired) electrons. The van der Waals surface area contributed by atoms with Crippen LogP contribution in [-0.2, 0) is 0 Å². The molecular weight excluding hydrogens is 358 g/mol. The molecule has 1 aliphatic rings. The van der Waals surface area contributed by atoms with E-state index in [1.54, 1.807) is 4.52 Å². The predicted octanol–water partition coefficient (Wildman–Crippen LogP) is 1.27. The molecule has 4 rings (SSSR count). The lowest BCUT2D eigenvalue weighted by atomic mass is 10.3. The second kappa shape index (κ2) is 5.70. The summed E-state index contributed by atoms with van der Waals surface area (Å²) in [5, 5.41) is 15.4. The fraction of sp³-hybridized carbons (Fsp3) is 0.333. The Kier molecular flexibility index (Phi) is 3.92. The molecule has 1 fully saturated rings. The van der Waals surface area contributed by atoms with Gasteiger partial charge in [0.05, 0.1) is 11.0 Å². The second-order valence-electron chi connectivity index (χ2n) is 4.72. The van der Waals surface area contributed by atoms with Gasteiger partial charge in [-0.1, -0.05) is 15.9 Å². The van der Waals surface area contributed by atoms with Gasteiger partial charge in [0.2, 0.25) is 5.65 Å². The number of piperazine rings is 1. The lowest BCUT2D eigenvalue weighted by Gasteiger charge is -2.28. The fourth-order valence-electron chi connectivity index (χ4n) is 2.51. The van der Waals surface area contributed by atoms with Gasteiger partial charge in [0.25, 0.3) is 0 Å². The van der Waals surface area contributed by atoms with Gasteiger partial charge in [0, 0.05) is 30.7 Å². The highest BCUT2D eigenvalue weighted by molar-refractivity contribution is 9.10. The third-order valence-corrected chi connectivity index (χ3v) is 3.97. The Hall–Kier alpha value is -1.51. The van der Waals surface area contributed by atoms with Crippen LogP contribution in [0, 0.1) is 0 Å². The molecule has 2 aromatic heterocycles. The molecule has 0 amide bonds. The number of fused-ring (bicyclic) bond motifs is 3. The second-order valence-corrected chi connectivity index (χ2v) is 5.64. The average molecular weight is 371 g/mol. The van der Waals surface area contributed by atoms with Gasteiger partial charge in [-0.05, 0) is 28.6 Å². The van der Waals surface area contributed by atoms with Gasteiger partial charge in [0.1, 0.15) is 0 Å². The number of rotatable bonds is 1. The number of halogens is 2. The van der Waals surface area contributed by atoms with Crippen LogP contribution in [0.15, 0.2) is 22.7 Å². The first kappa shape index (κ1) is 14.4. The summed E-state index contributed by atoms with van der Waals surface area (Å²) in [6, 6.07) is 5.93. The fourth-order valence-corrected chi connectivity index (χ4v) is 2.86. The van der Waals surface area contributed by atoms with Crippen LogP contribution in [-0.4, -0.2) is 51.2 Å². The minimum atomic E-state index is 0. The molecule has 0 atom stereocenters.